The highest BCUT2D eigenvalue weighted by molar-refractivity contribution is 5.85. The summed E-state index contributed by atoms with van der Waals surface area (Å²) >= 11 is 0. The van der Waals surface area contributed by atoms with E-state index < -0.39 is 42.9 Å². The molecule has 0 aliphatic carbocycles. The fourth-order valence-corrected chi connectivity index (χ4v) is 2.56. The normalized spacial score (nSPS) is 12.7. The van der Waals surface area contributed by atoms with Crippen molar-refractivity contribution in [1.82, 2.24) is 5.32 Å². The number of nitrogens with one attached hydrogen (secondary N) is 1. The second-order valence-corrected chi connectivity index (χ2v) is 7.05. The van der Waals surface area contributed by atoms with Crippen molar-refractivity contribution >= 4 is 11.9 Å². The second-order valence-electron chi connectivity index (χ2n) is 7.05. The summed E-state index contributed by atoms with van der Waals surface area (Å²) in [5.74, 6) is -16.2. The van der Waals surface area contributed by atoms with Crippen LogP contribution in [-0.4, -0.2) is 43.0 Å². The SMILES string of the molecule is CCCCCCCCCCCCOC(=O)CCNC(=O)C(F)(F)C(F)(F)C(F)(F)F. The van der Waals surface area contributed by atoms with Gasteiger partial charge < -0.3 is 10.1 Å². The minimum Gasteiger partial charge on any atom is -0.466 e. The molecule has 0 saturated carbocycles. The Bertz CT molecular complexity index is 511. The summed E-state index contributed by atoms with van der Waals surface area (Å²) in [5, 5.41) is 1.21. The summed E-state index contributed by atoms with van der Waals surface area (Å²) in [6.45, 7) is 1.38. The lowest BCUT2D eigenvalue weighted by molar-refractivity contribution is -0.344. The van der Waals surface area contributed by atoms with Gasteiger partial charge in [0.15, 0.2) is 0 Å². The van der Waals surface area contributed by atoms with Crippen molar-refractivity contribution in [3.05, 3.63) is 0 Å². The fourth-order valence-electron chi connectivity index (χ4n) is 2.56. The van der Waals surface area contributed by atoms with Crippen molar-refractivity contribution < 1.29 is 45.1 Å². The van der Waals surface area contributed by atoms with Crippen LogP contribution in [0.1, 0.15) is 77.6 Å². The summed E-state index contributed by atoms with van der Waals surface area (Å²) in [4.78, 5) is 22.4. The van der Waals surface area contributed by atoms with Gasteiger partial charge in [-0.2, -0.15) is 30.7 Å². The molecular formula is C19H30F7NO3. The number of unbranched alkanes of at least 4 members (excludes halogenated alkanes) is 9. The third kappa shape index (κ3) is 9.97. The number of esters is 1. The van der Waals surface area contributed by atoms with Gasteiger partial charge in [-0.05, 0) is 6.42 Å². The minimum absolute atomic E-state index is 0.0750. The largest absolute Gasteiger partial charge is 0.466 e. The third-order valence-corrected chi connectivity index (χ3v) is 4.41. The summed E-state index contributed by atoms with van der Waals surface area (Å²) < 4.78 is 92.3. The standard InChI is InChI=1S/C19H30F7NO3/c1-2-3-4-5-6-7-8-9-10-11-14-30-15(28)12-13-27-16(29)17(20,21)18(22,23)19(24,25)26/h2-14H2,1H3,(H,27,29). The molecule has 0 spiro atoms. The van der Waals surface area contributed by atoms with Gasteiger partial charge >= 0.3 is 24.0 Å². The lowest BCUT2D eigenvalue weighted by Crippen LogP contribution is -2.59. The molecule has 0 saturated heterocycles. The molecule has 0 atom stereocenters. The van der Waals surface area contributed by atoms with Crippen molar-refractivity contribution in [2.75, 3.05) is 13.2 Å². The van der Waals surface area contributed by atoms with Crippen molar-refractivity contribution in [1.29, 1.82) is 0 Å². The van der Waals surface area contributed by atoms with Gasteiger partial charge in [0.2, 0.25) is 0 Å². The van der Waals surface area contributed by atoms with E-state index in [1.54, 1.807) is 0 Å². The first-order valence-corrected chi connectivity index (χ1v) is 10.1. The predicted molar refractivity (Wildman–Crippen MR) is 96.4 cm³/mol. The predicted octanol–water partition coefficient (Wildman–Crippen LogP) is 5.79. The van der Waals surface area contributed by atoms with Gasteiger partial charge in [-0.25, -0.2) is 0 Å². The van der Waals surface area contributed by atoms with E-state index in [0.29, 0.717) is 6.42 Å². The van der Waals surface area contributed by atoms with Crippen LogP contribution < -0.4 is 5.32 Å². The quantitative estimate of drug-likeness (QED) is 0.183. The molecule has 0 aromatic rings. The van der Waals surface area contributed by atoms with E-state index in [0.717, 1.165) is 25.7 Å². The molecule has 0 rings (SSSR count). The van der Waals surface area contributed by atoms with Gasteiger partial charge in [0, 0.05) is 6.54 Å². The Hall–Kier alpha value is -1.55. The van der Waals surface area contributed by atoms with Crippen LogP contribution in [0.2, 0.25) is 0 Å². The van der Waals surface area contributed by atoms with Crippen molar-refractivity contribution in [3.8, 4) is 0 Å². The van der Waals surface area contributed by atoms with Gasteiger partial charge in [0.05, 0.1) is 13.0 Å². The maximum atomic E-state index is 13.1. The summed E-state index contributed by atoms with van der Waals surface area (Å²) in [5.41, 5.74) is 0. The number of hydrogen-bond acceptors (Lipinski definition) is 3. The summed E-state index contributed by atoms with van der Waals surface area (Å²) in [6, 6.07) is 0. The lowest BCUT2D eigenvalue weighted by Gasteiger charge is -2.26. The molecule has 0 radical (unpaired) electrons. The van der Waals surface area contributed by atoms with Crippen LogP contribution in [-0.2, 0) is 14.3 Å². The average Bonchev–Trinajstić information content (AvgIpc) is 2.64. The zero-order valence-electron chi connectivity index (χ0n) is 17.1. The first-order valence-electron chi connectivity index (χ1n) is 10.1. The van der Waals surface area contributed by atoms with Crippen LogP contribution in [0.4, 0.5) is 30.7 Å². The summed E-state index contributed by atoms with van der Waals surface area (Å²) in [7, 11) is 0. The van der Waals surface area contributed by atoms with Gasteiger partial charge in [-0.15, -0.1) is 0 Å². The van der Waals surface area contributed by atoms with Crippen molar-refractivity contribution in [3.63, 3.8) is 0 Å². The molecule has 0 aromatic carbocycles. The number of carbonyl (C=O) groups is 2. The molecule has 178 valence electrons. The summed E-state index contributed by atoms with van der Waals surface area (Å²) in [6.07, 6.45) is 3.49. The van der Waals surface area contributed by atoms with E-state index in [9.17, 15) is 40.3 Å². The number of alkyl halides is 7. The van der Waals surface area contributed by atoms with Crippen LogP contribution in [0.15, 0.2) is 0 Å². The van der Waals surface area contributed by atoms with Crippen molar-refractivity contribution in [2.45, 2.75) is 95.6 Å². The van der Waals surface area contributed by atoms with Crippen LogP contribution in [0, 0.1) is 0 Å². The first-order chi connectivity index (χ1) is 13.9. The number of ether oxygens (including phenoxy) is 1. The van der Waals surface area contributed by atoms with Gasteiger partial charge in [0.25, 0.3) is 5.91 Å². The molecule has 11 heteroatoms. The minimum atomic E-state index is -6.60. The van der Waals surface area contributed by atoms with E-state index in [1.807, 2.05) is 0 Å². The van der Waals surface area contributed by atoms with Gasteiger partial charge in [-0.3, -0.25) is 9.59 Å². The highest BCUT2D eigenvalue weighted by Gasteiger charge is 2.76. The van der Waals surface area contributed by atoms with E-state index in [4.69, 9.17) is 4.74 Å². The van der Waals surface area contributed by atoms with Crippen LogP contribution in [0.3, 0.4) is 0 Å². The zero-order valence-corrected chi connectivity index (χ0v) is 17.1. The molecule has 0 aromatic heterocycles. The number of halogens is 7. The first kappa shape index (κ1) is 28.5. The number of hydrogen-bond donors (Lipinski definition) is 1. The smallest absolute Gasteiger partial charge is 0.460 e. The van der Waals surface area contributed by atoms with Crippen LogP contribution in [0.25, 0.3) is 0 Å². The molecule has 4 nitrogen and oxygen atoms in total. The molecule has 0 bridgehead atoms. The number of amides is 1. The fraction of sp³-hybridized carbons (Fsp3) is 0.895. The molecule has 0 aliphatic heterocycles. The zero-order chi connectivity index (χ0) is 23.3. The number of carbonyl (C=O) groups excluding carboxylic acids is 2. The molecule has 0 fully saturated rings. The topological polar surface area (TPSA) is 55.4 Å². The molecule has 0 unspecified atom stereocenters. The molecule has 1 N–H and O–H groups in total. The Kier molecular flexibility index (Phi) is 13.0. The Labute approximate surface area is 171 Å². The maximum Gasteiger partial charge on any atom is 0.460 e. The Morgan fingerprint density at radius 3 is 1.70 bits per heavy atom. The Morgan fingerprint density at radius 2 is 1.23 bits per heavy atom. The highest BCUT2D eigenvalue weighted by Crippen LogP contribution is 2.46. The molecular weight excluding hydrogens is 423 g/mol. The highest BCUT2D eigenvalue weighted by atomic mass is 19.4. The monoisotopic (exact) mass is 453 g/mol. The van der Waals surface area contributed by atoms with Crippen LogP contribution >= 0.6 is 0 Å². The van der Waals surface area contributed by atoms with E-state index >= 15 is 0 Å². The van der Waals surface area contributed by atoms with E-state index in [-0.39, 0.29) is 6.61 Å². The molecule has 1 amide bonds. The third-order valence-electron chi connectivity index (χ3n) is 4.41. The Balaban J connectivity index is 3.87. The Morgan fingerprint density at radius 1 is 0.767 bits per heavy atom. The average molecular weight is 453 g/mol. The lowest BCUT2D eigenvalue weighted by atomic mass is 10.1. The van der Waals surface area contributed by atoms with Gasteiger partial charge in [0.1, 0.15) is 0 Å². The molecule has 30 heavy (non-hydrogen) atoms. The van der Waals surface area contributed by atoms with E-state index in [2.05, 4.69) is 6.92 Å². The van der Waals surface area contributed by atoms with Gasteiger partial charge in [-0.1, -0.05) is 64.7 Å². The molecule has 0 aliphatic rings. The van der Waals surface area contributed by atoms with Crippen LogP contribution in [0.5, 0.6) is 0 Å². The molecule has 0 heterocycles. The van der Waals surface area contributed by atoms with Crippen molar-refractivity contribution in [2.24, 2.45) is 0 Å². The second kappa shape index (κ2) is 13.7. The number of rotatable bonds is 16. The maximum absolute atomic E-state index is 13.1. The van der Waals surface area contributed by atoms with E-state index in [1.165, 1.54) is 37.4 Å².